The van der Waals surface area contributed by atoms with Gasteiger partial charge in [0.1, 0.15) is 17.5 Å². The van der Waals surface area contributed by atoms with Gasteiger partial charge in [-0.05, 0) is 89.9 Å². The number of carbonyl (C=O) groups excluding carboxylic acids is 1. The van der Waals surface area contributed by atoms with E-state index in [1.807, 2.05) is 70.2 Å². The molecular formula is C31H37ClNO7P. The fourth-order valence-corrected chi connectivity index (χ4v) is 6.46. The summed E-state index contributed by atoms with van der Waals surface area (Å²) in [6, 6.07) is 15.8. The molecule has 3 N–H and O–H groups in total. The standard InChI is InChI=1S/C31H37ClNO7P/c1-19(2)26-14-22(8-9-30(26)39-31(35)28(33)17-34)15-27-20(3)12-25(13-21(27)4)37-18-41(36)38-11-10-29(40-41)23-6-5-7-24(32)16-23/h5-9,12-14,16,19,28-29,34H,10-11,15,17-18,33H2,1-4H3/t28-,29-,41+/m0/s1. The Morgan fingerprint density at radius 2 is 1.88 bits per heavy atom. The van der Waals surface area contributed by atoms with Gasteiger partial charge in [0.25, 0.3) is 0 Å². The van der Waals surface area contributed by atoms with Crippen molar-refractivity contribution in [3.05, 3.63) is 93.0 Å². The van der Waals surface area contributed by atoms with Crippen molar-refractivity contribution in [1.29, 1.82) is 0 Å². The maximum Gasteiger partial charge on any atom is 0.368 e. The summed E-state index contributed by atoms with van der Waals surface area (Å²) in [6.45, 7) is 7.89. The number of hydrogen-bond donors (Lipinski definition) is 2. The molecule has 220 valence electrons. The van der Waals surface area contributed by atoms with Gasteiger partial charge in [-0.1, -0.05) is 49.7 Å². The number of hydrogen-bond acceptors (Lipinski definition) is 8. The van der Waals surface area contributed by atoms with Crippen LogP contribution in [0.15, 0.2) is 54.6 Å². The van der Waals surface area contributed by atoms with E-state index in [1.165, 1.54) is 0 Å². The highest BCUT2D eigenvalue weighted by Crippen LogP contribution is 2.56. The van der Waals surface area contributed by atoms with Gasteiger partial charge in [-0.25, -0.2) is 4.79 Å². The highest BCUT2D eigenvalue weighted by molar-refractivity contribution is 7.53. The molecular weight excluding hydrogens is 565 g/mol. The second-order valence-corrected chi connectivity index (χ2v) is 13.0. The van der Waals surface area contributed by atoms with E-state index in [1.54, 1.807) is 12.1 Å². The molecule has 1 saturated heterocycles. The lowest BCUT2D eigenvalue weighted by Gasteiger charge is -2.30. The molecule has 3 aromatic rings. The summed E-state index contributed by atoms with van der Waals surface area (Å²) in [7, 11) is -3.47. The van der Waals surface area contributed by atoms with Crippen LogP contribution in [0.3, 0.4) is 0 Å². The lowest BCUT2D eigenvalue weighted by Crippen LogP contribution is -2.37. The van der Waals surface area contributed by atoms with E-state index < -0.39 is 26.2 Å². The van der Waals surface area contributed by atoms with Crippen molar-refractivity contribution in [2.45, 2.75) is 58.6 Å². The Hall–Kier alpha value is -2.71. The van der Waals surface area contributed by atoms with Crippen LogP contribution in [0.1, 0.15) is 65.7 Å². The first-order chi connectivity index (χ1) is 19.5. The Labute approximate surface area is 246 Å². The SMILES string of the molecule is Cc1cc(OC[P@@]2(=O)OCC[C@@H](c3cccc(Cl)c3)O2)cc(C)c1Cc1ccc(OC(=O)[C@@H](N)CO)c(C(C)C)c1. The first-order valence-electron chi connectivity index (χ1n) is 13.6. The lowest BCUT2D eigenvalue weighted by molar-refractivity contribution is -0.136. The number of rotatable bonds is 10. The first-order valence-corrected chi connectivity index (χ1v) is 15.7. The average Bonchev–Trinajstić information content (AvgIpc) is 2.94. The average molecular weight is 602 g/mol. The number of carbonyl (C=O) groups is 1. The van der Waals surface area contributed by atoms with Crippen LogP contribution in [0, 0.1) is 13.8 Å². The molecule has 0 unspecified atom stereocenters. The summed E-state index contributed by atoms with van der Waals surface area (Å²) in [5.41, 5.74) is 11.6. The van der Waals surface area contributed by atoms with Gasteiger partial charge in [0.05, 0.1) is 19.3 Å². The van der Waals surface area contributed by atoms with Gasteiger partial charge < -0.3 is 24.8 Å². The summed E-state index contributed by atoms with van der Waals surface area (Å²) in [5.74, 6) is 0.457. The third-order valence-electron chi connectivity index (χ3n) is 7.02. The maximum absolute atomic E-state index is 13.3. The maximum atomic E-state index is 13.3. The van der Waals surface area contributed by atoms with Crippen molar-refractivity contribution in [3.63, 3.8) is 0 Å². The van der Waals surface area contributed by atoms with Crippen LogP contribution < -0.4 is 15.2 Å². The third-order valence-corrected chi connectivity index (χ3v) is 8.85. The van der Waals surface area contributed by atoms with E-state index in [0.717, 1.165) is 33.4 Å². The van der Waals surface area contributed by atoms with Crippen LogP contribution >= 0.6 is 19.2 Å². The van der Waals surface area contributed by atoms with Gasteiger partial charge in [0.2, 0.25) is 0 Å². The third kappa shape index (κ3) is 7.98. The minimum absolute atomic E-state index is 0.103. The number of esters is 1. The van der Waals surface area contributed by atoms with Gasteiger partial charge in [0.15, 0.2) is 6.35 Å². The van der Waals surface area contributed by atoms with Crippen LogP contribution in [0.2, 0.25) is 5.02 Å². The van der Waals surface area contributed by atoms with E-state index in [9.17, 15) is 9.36 Å². The van der Waals surface area contributed by atoms with Gasteiger partial charge in [-0.3, -0.25) is 9.09 Å². The summed E-state index contributed by atoms with van der Waals surface area (Å²) >= 11 is 6.12. The highest BCUT2D eigenvalue weighted by atomic mass is 35.5. The van der Waals surface area contributed by atoms with Crippen LogP contribution in [0.4, 0.5) is 0 Å². The molecule has 10 heteroatoms. The molecule has 0 aliphatic carbocycles. The Morgan fingerprint density at radius 3 is 2.54 bits per heavy atom. The van der Waals surface area contributed by atoms with Gasteiger partial charge >= 0.3 is 13.6 Å². The van der Waals surface area contributed by atoms with E-state index in [4.69, 9.17) is 41.0 Å². The number of benzene rings is 3. The summed E-state index contributed by atoms with van der Waals surface area (Å²) < 4.78 is 36.2. The quantitative estimate of drug-likeness (QED) is 0.152. The molecule has 1 heterocycles. The molecule has 1 fully saturated rings. The van der Waals surface area contributed by atoms with Gasteiger partial charge in [-0.2, -0.15) is 0 Å². The van der Waals surface area contributed by atoms with Crippen molar-refractivity contribution in [3.8, 4) is 11.5 Å². The summed E-state index contributed by atoms with van der Waals surface area (Å²) in [6.07, 6.45) is 0.670. The van der Waals surface area contributed by atoms with Crippen molar-refractivity contribution in [2.75, 3.05) is 19.6 Å². The zero-order chi connectivity index (χ0) is 29.7. The first kappa shape index (κ1) is 31.2. The van der Waals surface area contributed by atoms with E-state index in [0.29, 0.717) is 36.0 Å². The Kier molecular flexibility index (Phi) is 10.3. The number of ether oxygens (including phenoxy) is 2. The van der Waals surface area contributed by atoms with Crippen LogP contribution in [-0.4, -0.2) is 36.7 Å². The van der Waals surface area contributed by atoms with Crippen molar-refractivity contribution in [2.24, 2.45) is 5.73 Å². The number of halogens is 1. The number of aliphatic hydroxyl groups is 1. The molecule has 0 saturated carbocycles. The molecule has 0 amide bonds. The van der Waals surface area contributed by atoms with E-state index >= 15 is 0 Å². The molecule has 0 bridgehead atoms. The van der Waals surface area contributed by atoms with Gasteiger partial charge in [-0.15, -0.1) is 0 Å². The monoisotopic (exact) mass is 601 g/mol. The van der Waals surface area contributed by atoms with Crippen LogP contribution in [0.5, 0.6) is 11.5 Å². The minimum Gasteiger partial charge on any atom is -0.481 e. The Morgan fingerprint density at radius 1 is 1.15 bits per heavy atom. The fourth-order valence-electron chi connectivity index (χ4n) is 4.76. The molecule has 0 spiro atoms. The Bertz CT molecular complexity index is 1420. The van der Waals surface area contributed by atoms with Crippen molar-refractivity contribution >= 4 is 25.2 Å². The number of aliphatic hydroxyl groups excluding tert-OH is 1. The number of nitrogens with two attached hydrogens (primary N) is 1. The molecule has 0 aromatic heterocycles. The topological polar surface area (TPSA) is 117 Å². The van der Waals surface area contributed by atoms with Gasteiger partial charge in [0, 0.05) is 11.4 Å². The lowest BCUT2D eigenvalue weighted by atomic mass is 9.93. The second kappa shape index (κ2) is 13.5. The predicted octanol–water partition coefficient (Wildman–Crippen LogP) is 6.60. The molecule has 4 rings (SSSR count). The molecule has 3 aromatic carbocycles. The largest absolute Gasteiger partial charge is 0.481 e. The second-order valence-electron chi connectivity index (χ2n) is 10.6. The predicted molar refractivity (Wildman–Crippen MR) is 159 cm³/mol. The van der Waals surface area contributed by atoms with Crippen LogP contribution in [0.25, 0.3) is 0 Å². The molecule has 3 atom stereocenters. The molecule has 8 nitrogen and oxygen atoms in total. The molecule has 1 aliphatic heterocycles. The zero-order valence-corrected chi connectivity index (χ0v) is 25.4. The highest BCUT2D eigenvalue weighted by Gasteiger charge is 2.35. The molecule has 0 radical (unpaired) electrons. The molecule has 1 aliphatic rings. The minimum atomic E-state index is -3.47. The zero-order valence-electron chi connectivity index (χ0n) is 23.8. The smallest absolute Gasteiger partial charge is 0.368 e. The summed E-state index contributed by atoms with van der Waals surface area (Å²) in [5, 5.41) is 9.75. The van der Waals surface area contributed by atoms with Crippen molar-refractivity contribution < 1.29 is 33.0 Å². The Balaban J connectivity index is 1.45. The van der Waals surface area contributed by atoms with E-state index in [2.05, 4.69) is 0 Å². The van der Waals surface area contributed by atoms with Crippen LogP contribution in [-0.2, 0) is 24.8 Å². The number of aryl methyl sites for hydroxylation is 2. The normalized spacial score (nSPS) is 19.7. The van der Waals surface area contributed by atoms with Crippen molar-refractivity contribution in [1.82, 2.24) is 0 Å². The molecule has 41 heavy (non-hydrogen) atoms. The van der Waals surface area contributed by atoms with E-state index in [-0.39, 0.29) is 18.4 Å². The fraction of sp³-hybridized carbons (Fsp3) is 0.387. The summed E-state index contributed by atoms with van der Waals surface area (Å²) in [4.78, 5) is 12.1.